The number of nitrogens with one attached hydrogen (secondary N) is 1. The Kier molecular flexibility index (Phi) is 10.5. The van der Waals surface area contributed by atoms with E-state index in [1.165, 1.54) is 11.3 Å². The Morgan fingerprint density at radius 2 is 1.87 bits per heavy atom. The number of nitrogens with two attached hydrogens (primary N) is 1. The Balaban J connectivity index is 1.51. The molecule has 1 unspecified atom stereocenters. The van der Waals surface area contributed by atoms with E-state index in [1.54, 1.807) is 18.1 Å². The van der Waals surface area contributed by atoms with Gasteiger partial charge in [-0.15, -0.1) is 11.3 Å². The van der Waals surface area contributed by atoms with Crippen LogP contribution in [-0.2, 0) is 9.53 Å². The van der Waals surface area contributed by atoms with Crippen molar-refractivity contribution in [3.05, 3.63) is 57.8 Å². The second-order valence-electron chi connectivity index (χ2n) is 10.9. The van der Waals surface area contributed by atoms with Crippen LogP contribution in [0.1, 0.15) is 64.1 Å². The first-order valence-electron chi connectivity index (χ1n) is 14.1. The monoisotopic (exact) mass is 554 g/mol. The van der Waals surface area contributed by atoms with Crippen LogP contribution in [0.2, 0.25) is 0 Å². The summed E-state index contributed by atoms with van der Waals surface area (Å²) in [6.45, 7) is 4.52. The molecule has 39 heavy (non-hydrogen) atoms. The quantitative estimate of drug-likeness (QED) is 0.466. The van der Waals surface area contributed by atoms with Crippen molar-refractivity contribution in [2.75, 3.05) is 39.9 Å². The lowest BCUT2D eigenvalue weighted by molar-refractivity contribution is -0.127. The molecular formula is C30H42N4O4S. The Labute approximate surface area is 235 Å². The minimum Gasteiger partial charge on any atom is -0.383 e. The van der Waals surface area contributed by atoms with Gasteiger partial charge in [0.1, 0.15) is 6.04 Å². The van der Waals surface area contributed by atoms with Crippen LogP contribution in [0.15, 0.2) is 41.8 Å². The molecule has 2 aliphatic rings. The van der Waals surface area contributed by atoms with Crippen molar-refractivity contribution in [3.63, 3.8) is 0 Å². The molecule has 2 aromatic rings. The van der Waals surface area contributed by atoms with E-state index in [2.05, 4.69) is 5.32 Å². The Hall–Kier alpha value is -2.75. The van der Waals surface area contributed by atoms with Gasteiger partial charge in [-0.2, -0.15) is 0 Å². The van der Waals surface area contributed by atoms with Crippen LogP contribution in [0.4, 0.5) is 0 Å². The summed E-state index contributed by atoms with van der Waals surface area (Å²) >= 11 is 1.38. The summed E-state index contributed by atoms with van der Waals surface area (Å²) < 4.78 is 5.33. The van der Waals surface area contributed by atoms with Crippen molar-refractivity contribution in [2.24, 2.45) is 17.6 Å². The molecule has 0 radical (unpaired) electrons. The molecule has 1 saturated carbocycles. The summed E-state index contributed by atoms with van der Waals surface area (Å²) in [5, 5.41) is 5.04. The van der Waals surface area contributed by atoms with Crippen molar-refractivity contribution in [3.8, 4) is 0 Å². The van der Waals surface area contributed by atoms with Gasteiger partial charge < -0.3 is 25.6 Å². The number of likely N-dealkylation sites (tertiary alicyclic amines) is 1. The SMILES string of the molecule is COCCN(C(=O)c1cccc(C)c1)C1CCN(C(=O)c2cccs2)[C@@H](C(=O)NCC2CCC(CN)CC2)C1. The number of amides is 3. The third-order valence-corrected chi connectivity index (χ3v) is 9.10. The molecule has 1 aliphatic carbocycles. The van der Waals surface area contributed by atoms with Gasteiger partial charge in [0.05, 0.1) is 11.5 Å². The normalized spacial score (nSPS) is 23.3. The fourth-order valence-electron chi connectivity index (χ4n) is 5.88. The number of nitrogens with zero attached hydrogens (tertiary/aromatic N) is 2. The van der Waals surface area contributed by atoms with E-state index in [-0.39, 0.29) is 23.8 Å². The number of benzene rings is 1. The van der Waals surface area contributed by atoms with E-state index in [0.29, 0.717) is 61.4 Å². The lowest BCUT2D eigenvalue weighted by Crippen LogP contribution is -2.58. The number of carbonyl (C=O) groups is 3. The number of carbonyl (C=O) groups excluding carboxylic acids is 3. The number of methoxy groups -OCH3 is 1. The molecule has 4 rings (SSSR count). The van der Waals surface area contributed by atoms with Gasteiger partial charge in [-0.05, 0) is 87.4 Å². The summed E-state index contributed by atoms with van der Waals surface area (Å²) in [6.07, 6.45) is 5.31. The Morgan fingerprint density at radius 1 is 1.10 bits per heavy atom. The summed E-state index contributed by atoms with van der Waals surface area (Å²) in [4.78, 5) is 44.9. The second-order valence-corrected chi connectivity index (χ2v) is 11.8. The van der Waals surface area contributed by atoms with Gasteiger partial charge in [0, 0.05) is 38.3 Å². The molecule has 9 heteroatoms. The molecule has 3 amide bonds. The minimum atomic E-state index is -0.644. The maximum atomic E-state index is 13.7. The third kappa shape index (κ3) is 7.47. The van der Waals surface area contributed by atoms with Gasteiger partial charge in [0.25, 0.3) is 11.8 Å². The highest BCUT2D eigenvalue weighted by atomic mass is 32.1. The van der Waals surface area contributed by atoms with Crippen LogP contribution in [0, 0.1) is 18.8 Å². The molecule has 8 nitrogen and oxygen atoms in total. The lowest BCUT2D eigenvalue weighted by Gasteiger charge is -2.43. The van der Waals surface area contributed by atoms with Crippen molar-refractivity contribution in [1.29, 1.82) is 0 Å². The van der Waals surface area contributed by atoms with E-state index in [9.17, 15) is 14.4 Å². The number of hydrogen-bond acceptors (Lipinski definition) is 6. The van der Waals surface area contributed by atoms with Crippen molar-refractivity contribution in [1.82, 2.24) is 15.1 Å². The number of piperidine rings is 1. The van der Waals surface area contributed by atoms with Crippen molar-refractivity contribution < 1.29 is 19.1 Å². The summed E-state index contributed by atoms with van der Waals surface area (Å²) in [7, 11) is 1.62. The molecule has 2 atom stereocenters. The van der Waals surface area contributed by atoms with E-state index < -0.39 is 6.04 Å². The molecule has 1 aromatic carbocycles. The molecule has 3 N–H and O–H groups in total. The average Bonchev–Trinajstić information content (AvgIpc) is 3.51. The first-order valence-corrected chi connectivity index (χ1v) is 15.0. The highest BCUT2D eigenvalue weighted by molar-refractivity contribution is 7.12. The third-order valence-electron chi connectivity index (χ3n) is 8.24. The van der Waals surface area contributed by atoms with Crippen LogP contribution >= 0.6 is 11.3 Å². The van der Waals surface area contributed by atoms with Gasteiger partial charge in [0.15, 0.2) is 0 Å². The Morgan fingerprint density at radius 3 is 2.54 bits per heavy atom. The van der Waals surface area contributed by atoms with Crippen LogP contribution in [-0.4, -0.2) is 79.5 Å². The van der Waals surface area contributed by atoms with Crippen LogP contribution < -0.4 is 11.1 Å². The predicted molar refractivity (Wildman–Crippen MR) is 154 cm³/mol. The molecule has 1 aliphatic heterocycles. The van der Waals surface area contributed by atoms with Crippen LogP contribution in [0.25, 0.3) is 0 Å². The van der Waals surface area contributed by atoms with Gasteiger partial charge >= 0.3 is 0 Å². The summed E-state index contributed by atoms with van der Waals surface area (Å²) in [6, 6.07) is 10.4. The fraction of sp³-hybridized carbons (Fsp3) is 0.567. The zero-order valence-corrected chi connectivity index (χ0v) is 24.0. The molecule has 2 heterocycles. The van der Waals surface area contributed by atoms with Crippen LogP contribution in [0.5, 0.6) is 0 Å². The standard InChI is InChI=1S/C30H42N4O4S/c1-21-5-3-6-24(17-21)29(36)33(14-15-38-2)25-12-13-34(30(37)27-7-4-16-39-27)26(18-25)28(35)32-20-23-10-8-22(19-31)9-11-23/h3-7,16-17,22-23,25-26H,8-15,18-20,31H2,1-2H3,(H,32,35)/t22?,23?,25?,26-/m1/s1. The van der Waals surface area contributed by atoms with Crippen LogP contribution in [0.3, 0.4) is 0 Å². The van der Waals surface area contributed by atoms with Crippen molar-refractivity contribution in [2.45, 2.75) is 57.5 Å². The first-order chi connectivity index (χ1) is 18.9. The number of thiophene rings is 1. The largest absolute Gasteiger partial charge is 0.383 e. The van der Waals surface area contributed by atoms with E-state index >= 15 is 0 Å². The maximum absolute atomic E-state index is 13.7. The minimum absolute atomic E-state index is 0.0744. The molecule has 2 fully saturated rings. The average molecular weight is 555 g/mol. The zero-order chi connectivity index (χ0) is 27.8. The molecule has 1 saturated heterocycles. The lowest BCUT2D eigenvalue weighted by atomic mass is 9.82. The number of aryl methyl sites for hydroxylation is 1. The van der Waals surface area contributed by atoms with E-state index in [1.807, 2.05) is 47.5 Å². The zero-order valence-electron chi connectivity index (χ0n) is 23.1. The first kappa shape index (κ1) is 29.2. The summed E-state index contributed by atoms with van der Waals surface area (Å²) in [5.41, 5.74) is 7.48. The second kappa shape index (κ2) is 14.1. The van der Waals surface area contributed by atoms with E-state index in [0.717, 1.165) is 37.8 Å². The maximum Gasteiger partial charge on any atom is 0.264 e. The van der Waals surface area contributed by atoms with Gasteiger partial charge in [-0.3, -0.25) is 14.4 Å². The van der Waals surface area contributed by atoms with Gasteiger partial charge in [-0.25, -0.2) is 0 Å². The summed E-state index contributed by atoms with van der Waals surface area (Å²) in [5.74, 6) is 0.674. The fourth-order valence-corrected chi connectivity index (χ4v) is 6.56. The highest BCUT2D eigenvalue weighted by Crippen LogP contribution is 2.29. The topological polar surface area (TPSA) is 105 Å². The molecule has 0 bridgehead atoms. The van der Waals surface area contributed by atoms with E-state index in [4.69, 9.17) is 10.5 Å². The Bertz CT molecular complexity index is 1100. The number of rotatable bonds is 10. The highest BCUT2D eigenvalue weighted by Gasteiger charge is 2.40. The van der Waals surface area contributed by atoms with Crippen molar-refractivity contribution >= 4 is 29.1 Å². The number of hydrogen-bond donors (Lipinski definition) is 2. The van der Waals surface area contributed by atoms with Gasteiger partial charge in [0.2, 0.25) is 5.91 Å². The molecule has 0 spiro atoms. The number of ether oxygens (including phenoxy) is 1. The van der Waals surface area contributed by atoms with Gasteiger partial charge in [-0.1, -0.05) is 23.8 Å². The predicted octanol–water partition coefficient (Wildman–Crippen LogP) is 3.70. The molecular weight excluding hydrogens is 512 g/mol. The molecule has 1 aromatic heterocycles. The molecule has 212 valence electrons. The smallest absolute Gasteiger partial charge is 0.264 e.